The third-order valence-electron chi connectivity index (χ3n) is 6.83. The number of carbonyl (C=O) groups is 2. The first kappa shape index (κ1) is 24.5. The van der Waals surface area contributed by atoms with Crippen molar-refractivity contribution in [3.05, 3.63) is 41.9 Å². The van der Waals surface area contributed by atoms with Crippen LogP contribution in [0.5, 0.6) is 5.75 Å². The van der Waals surface area contributed by atoms with E-state index in [0.717, 1.165) is 45.3 Å². The lowest BCUT2D eigenvalue weighted by atomic mass is 9.77. The summed E-state index contributed by atoms with van der Waals surface area (Å²) in [6.45, 7) is 3.96. The van der Waals surface area contributed by atoms with Crippen molar-refractivity contribution in [3.8, 4) is 5.75 Å². The molecule has 0 spiro atoms. The minimum atomic E-state index is -0.406. The van der Waals surface area contributed by atoms with Crippen molar-refractivity contribution < 1.29 is 14.3 Å². The second-order valence-corrected chi connectivity index (χ2v) is 9.98. The third-order valence-corrected chi connectivity index (χ3v) is 7.07. The molecule has 2 aliphatic rings. The van der Waals surface area contributed by atoms with E-state index in [0.29, 0.717) is 49.7 Å². The highest BCUT2D eigenvalue weighted by Crippen LogP contribution is 2.36. The van der Waals surface area contributed by atoms with E-state index in [2.05, 4.69) is 10.1 Å². The van der Waals surface area contributed by atoms with E-state index in [4.69, 9.17) is 16.3 Å². The molecule has 0 aliphatic carbocycles. The number of rotatable bonds is 9. The van der Waals surface area contributed by atoms with E-state index in [-0.39, 0.29) is 11.8 Å². The molecule has 0 bridgehead atoms. The average Bonchev–Trinajstić information content (AvgIpc) is 3.37. The van der Waals surface area contributed by atoms with Crippen LogP contribution in [0.1, 0.15) is 51.4 Å². The molecule has 0 N–H and O–H groups in total. The van der Waals surface area contributed by atoms with Crippen molar-refractivity contribution in [2.75, 3.05) is 32.8 Å². The highest BCUT2D eigenvalue weighted by Gasteiger charge is 2.40. The van der Waals surface area contributed by atoms with Gasteiger partial charge in [-0.2, -0.15) is 5.10 Å². The maximum absolute atomic E-state index is 13.2. The van der Waals surface area contributed by atoms with Crippen LogP contribution in [0.25, 0.3) is 0 Å². The van der Waals surface area contributed by atoms with Crippen LogP contribution in [0.2, 0.25) is 5.02 Å². The van der Waals surface area contributed by atoms with Gasteiger partial charge in [-0.05, 0) is 56.7 Å². The number of nitrogens with zero attached hydrogens (tertiary/aromatic N) is 5. The lowest BCUT2D eigenvalue weighted by molar-refractivity contribution is -0.142. The monoisotopic (exact) mass is 487 g/mol. The molecule has 184 valence electrons. The fraction of sp³-hybridized carbons (Fsp3) is 0.600. The number of ether oxygens (including phenoxy) is 1. The Balaban J connectivity index is 1.41. The van der Waals surface area contributed by atoms with Crippen molar-refractivity contribution in [2.45, 2.75) is 57.9 Å². The molecular formula is C25H34ClN5O3. The number of amides is 2. The molecule has 1 aromatic carbocycles. The Hall–Kier alpha value is -2.61. The number of halogens is 1. The van der Waals surface area contributed by atoms with E-state index >= 15 is 0 Å². The first-order valence-electron chi connectivity index (χ1n) is 12.3. The lowest BCUT2D eigenvalue weighted by Crippen LogP contribution is -2.51. The Morgan fingerprint density at radius 1 is 1.06 bits per heavy atom. The summed E-state index contributed by atoms with van der Waals surface area (Å²) in [5.74, 6) is 0.987. The van der Waals surface area contributed by atoms with Crippen LogP contribution in [-0.2, 0) is 16.1 Å². The number of benzene rings is 1. The summed E-state index contributed by atoms with van der Waals surface area (Å²) < 4.78 is 7.90. The summed E-state index contributed by atoms with van der Waals surface area (Å²) in [5, 5.41) is 4.71. The van der Waals surface area contributed by atoms with Crippen LogP contribution in [0.3, 0.4) is 0 Å². The summed E-state index contributed by atoms with van der Waals surface area (Å²) in [6.07, 6.45) is 9.75. The van der Waals surface area contributed by atoms with Crippen molar-refractivity contribution in [3.63, 3.8) is 0 Å². The molecule has 3 heterocycles. The zero-order chi connectivity index (χ0) is 23.8. The van der Waals surface area contributed by atoms with Gasteiger partial charge in [0, 0.05) is 56.0 Å². The summed E-state index contributed by atoms with van der Waals surface area (Å²) in [7, 11) is 0. The van der Waals surface area contributed by atoms with Gasteiger partial charge in [0.25, 0.3) is 0 Å². The van der Waals surface area contributed by atoms with Gasteiger partial charge in [-0.15, -0.1) is 0 Å². The minimum Gasteiger partial charge on any atom is -0.493 e. The zero-order valence-electron chi connectivity index (χ0n) is 19.7. The fourth-order valence-electron chi connectivity index (χ4n) is 5.00. The minimum absolute atomic E-state index is 0.123. The number of piperidine rings is 2. The lowest BCUT2D eigenvalue weighted by Gasteiger charge is -2.43. The SMILES string of the molecule is O=C(C[C@@]1(COc2cccc(Cl)c2)CCCN(C(=O)CCCn2cncn2)C1)N1CCCCC1. The molecule has 8 nitrogen and oxygen atoms in total. The summed E-state index contributed by atoms with van der Waals surface area (Å²) >= 11 is 6.13. The Kier molecular flexibility index (Phi) is 8.43. The topological polar surface area (TPSA) is 80.6 Å². The highest BCUT2D eigenvalue weighted by atomic mass is 35.5. The zero-order valence-corrected chi connectivity index (χ0v) is 20.5. The van der Waals surface area contributed by atoms with Gasteiger partial charge in [0.05, 0.1) is 6.61 Å². The highest BCUT2D eigenvalue weighted by molar-refractivity contribution is 6.30. The molecule has 2 amide bonds. The van der Waals surface area contributed by atoms with Gasteiger partial charge in [-0.25, -0.2) is 4.98 Å². The second-order valence-electron chi connectivity index (χ2n) is 9.55. The van der Waals surface area contributed by atoms with E-state index in [1.807, 2.05) is 28.0 Å². The smallest absolute Gasteiger partial charge is 0.223 e. The predicted molar refractivity (Wildman–Crippen MR) is 129 cm³/mol. The van der Waals surface area contributed by atoms with E-state index in [1.165, 1.54) is 12.7 Å². The molecule has 1 aromatic heterocycles. The molecule has 9 heteroatoms. The van der Waals surface area contributed by atoms with Crippen molar-refractivity contribution in [2.24, 2.45) is 5.41 Å². The first-order valence-corrected chi connectivity index (χ1v) is 12.7. The maximum Gasteiger partial charge on any atom is 0.223 e. The largest absolute Gasteiger partial charge is 0.493 e. The number of hydrogen-bond donors (Lipinski definition) is 0. The third kappa shape index (κ3) is 6.72. The molecule has 2 saturated heterocycles. The van der Waals surface area contributed by atoms with Crippen LogP contribution in [-0.4, -0.2) is 69.2 Å². The standard InChI is InChI=1S/C25H34ClN5O3/c26-21-7-4-8-22(15-21)34-18-25(16-24(33)29-11-2-1-3-12-29)10-6-13-30(17-25)23(32)9-5-14-31-20-27-19-28-31/h4,7-8,15,19-20H,1-3,5-6,9-14,16-18H2/t25-/m0/s1. The average molecular weight is 488 g/mol. The van der Waals surface area contributed by atoms with Crippen molar-refractivity contribution in [1.82, 2.24) is 24.6 Å². The van der Waals surface area contributed by atoms with Crippen LogP contribution < -0.4 is 4.74 Å². The van der Waals surface area contributed by atoms with Crippen LogP contribution in [0.15, 0.2) is 36.9 Å². The van der Waals surface area contributed by atoms with Crippen LogP contribution in [0, 0.1) is 5.41 Å². The van der Waals surface area contributed by atoms with Gasteiger partial charge in [0.1, 0.15) is 18.4 Å². The quantitative estimate of drug-likeness (QED) is 0.537. The number of aromatic nitrogens is 3. The van der Waals surface area contributed by atoms with E-state index in [9.17, 15) is 9.59 Å². The Morgan fingerprint density at radius 3 is 2.65 bits per heavy atom. The van der Waals surface area contributed by atoms with Gasteiger partial charge >= 0.3 is 0 Å². The van der Waals surface area contributed by atoms with Crippen molar-refractivity contribution >= 4 is 23.4 Å². The summed E-state index contributed by atoms with van der Waals surface area (Å²) in [4.78, 5) is 34.2. The fourth-order valence-corrected chi connectivity index (χ4v) is 5.18. The van der Waals surface area contributed by atoms with Gasteiger partial charge < -0.3 is 14.5 Å². The molecule has 0 unspecified atom stereocenters. The molecule has 0 saturated carbocycles. The van der Waals surface area contributed by atoms with Gasteiger partial charge in [0.2, 0.25) is 11.8 Å². The molecule has 2 aromatic rings. The molecule has 2 aliphatic heterocycles. The Morgan fingerprint density at radius 2 is 1.88 bits per heavy atom. The first-order chi connectivity index (χ1) is 16.5. The molecular weight excluding hydrogens is 454 g/mol. The Labute approximate surface area is 206 Å². The number of hydrogen-bond acceptors (Lipinski definition) is 5. The maximum atomic E-state index is 13.2. The molecule has 0 radical (unpaired) electrons. The number of likely N-dealkylation sites (tertiary alicyclic amines) is 2. The van der Waals surface area contributed by atoms with E-state index < -0.39 is 5.41 Å². The van der Waals surface area contributed by atoms with Gasteiger partial charge in [-0.1, -0.05) is 17.7 Å². The summed E-state index contributed by atoms with van der Waals surface area (Å²) in [5.41, 5.74) is -0.406. The van der Waals surface area contributed by atoms with Crippen molar-refractivity contribution in [1.29, 1.82) is 0 Å². The van der Waals surface area contributed by atoms with Gasteiger partial charge in [-0.3, -0.25) is 14.3 Å². The predicted octanol–water partition coefficient (Wildman–Crippen LogP) is 3.80. The molecule has 4 rings (SSSR count). The van der Waals surface area contributed by atoms with Gasteiger partial charge in [0.15, 0.2) is 0 Å². The molecule has 1 atom stereocenters. The van der Waals surface area contributed by atoms with Crippen LogP contribution >= 0.6 is 11.6 Å². The summed E-state index contributed by atoms with van der Waals surface area (Å²) in [6, 6.07) is 7.33. The normalized spacial score (nSPS) is 20.9. The molecule has 34 heavy (non-hydrogen) atoms. The molecule has 2 fully saturated rings. The second kappa shape index (κ2) is 11.7. The number of carbonyl (C=O) groups excluding carboxylic acids is 2. The Bertz CT molecular complexity index is 948. The van der Waals surface area contributed by atoms with Crippen LogP contribution in [0.4, 0.5) is 0 Å². The number of aryl methyl sites for hydroxylation is 1. The van der Waals surface area contributed by atoms with E-state index in [1.54, 1.807) is 17.1 Å².